The van der Waals surface area contributed by atoms with E-state index < -0.39 is 4.92 Å². The first-order valence-corrected chi connectivity index (χ1v) is 7.69. The maximum atomic E-state index is 11.5. The molecule has 0 fully saturated rings. The Hall–Kier alpha value is -2.72. The third-order valence-electron chi connectivity index (χ3n) is 3.17. The molecular weight excluding hydrogens is 314 g/mol. The van der Waals surface area contributed by atoms with Crippen molar-refractivity contribution in [1.29, 1.82) is 5.26 Å². The number of thioether (sulfide) groups is 1. The van der Waals surface area contributed by atoms with Gasteiger partial charge in [-0.1, -0.05) is 12.1 Å². The minimum Gasteiger partial charge on any atom is -0.294 e. The Labute approximate surface area is 137 Å². The van der Waals surface area contributed by atoms with Crippen LogP contribution in [0.1, 0.15) is 34.1 Å². The molecule has 116 valence electrons. The summed E-state index contributed by atoms with van der Waals surface area (Å²) in [5.74, 6) is 0.309. The average molecular weight is 327 g/mol. The summed E-state index contributed by atoms with van der Waals surface area (Å²) in [5, 5.41) is 20.5. The molecular formula is C16H13N3O3S. The Morgan fingerprint density at radius 3 is 2.78 bits per heavy atom. The number of aromatic nitrogens is 1. The first kappa shape index (κ1) is 16.6. The summed E-state index contributed by atoms with van der Waals surface area (Å²) >= 11 is 1.31. The molecule has 0 N–H and O–H groups in total. The summed E-state index contributed by atoms with van der Waals surface area (Å²) in [6.45, 7) is 3.15. The van der Waals surface area contributed by atoms with Crippen molar-refractivity contribution in [2.45, 2.75) is 24.6 Å². The minimum atomic E-state index is -0.446. The molecule has 0 amide bonds. The van der Waals surface area contributed by atoms with Crippen LogP contribution in [0, 0.1) is 28.4 Å². The maximum absolute atomic E-state index is 11.5. The Morgan fingerprint density at radius 1 is 1.43 bits per heavy atom. The summed E-state index contributed by atoms with van der Waals surface area (Å²) in [4.78, 5) is 26.2. The van der Waals surface area contributed by atoms with Gasteiger partial charge < -0.3 is 0 Å². The van der Waals surface area contributed by atoms with Gasteiger partial charge >= 0.3 is 0 Å². The number of hydrogen-bond donors (Lipinski definition) is 0. The molecule has 0 aliphatic heterocycles. The van der Waals surface area contributed by atoms with Gasteiger partial charge in [0, 0.05) is 29.1 Å². The van der Waals surface area contributed by atoms with Crippen LogP contribution in [0.5, 0.6) is 0 Å². The van der Waals surface area contributed by atoms with Crippen molar-refractivity contribution < 1.29 is 9.72 Å². The fourth-order valence-electron chi connectivity index (χ4n) is 2.04. The van der Waals surface area contributed by atoms with Crippen molar-refractivity contribution in [2.24, 2.45) is 0 Å². The predicted octanol–water partition coefficient (Wildman–Crippen LogP) is 3.66. The normalized spacial score (nSPS) is 10.1. The Morgan fingerprint density at radius 2 is 2.17 bits per heavy atom. The molecule has 0 spiro atoms. The number of rotatable bonds is 5. The zero-order chi connectivity index (χ0) is 17.0. The van der Waals surface area contributed by atoms with E-state index in [0.29, 0.717) is 27.6 Å². The van der Waals surface area contributed by atoms with Gasteiger partial charge in [-0.15, -0.1) is 11.8 Å². The fourth-order valence-corrected chi connectivity index (χ4v) is 2.99. The van der Waals surface area contributed by atoms with Crippen molar-refractivity contribution in [3.05, 3.63) is 62.8 Å². The number of non-ortho nitro benzene ring substituents is 1. The first-order chi connectivity index (χ1) is 10.9. The van der Waals surface area contributed by atoms with Crippen molar-refractivity contribution in [3.8, 4) is 6.07 Å². The van der Waals surface area contributed by atoms with Crippen LogP contribution in [-0.2, 0) is 5.75 Å². The molecule has 0 bridgehead atoms. The number of nitrogens with zero attached hydrogens (tertiary/aromatic N) is 3. The van der Waals surface area contributed by atoms with Crippen LogP contribution >= 0.6 is 11.8 Å². The van der Waals surface area contributed by atoms with Crippen LogP contribution in [0.2, 0.25) is 0 Å². The number of benzene rings is 1. The van der Waals surface area contributed by atoms with Crippen molar-refractivity contribution >= 4 is 23.2 Å². The third-order valence-corrected chi connectivity index (χ3v) is 4.24. The van der Waals surface area contributed by atoms with Crippen LogP contribution in [-0.4, -0.2) is 15.7 Å². The summed E-state index contributed by atoms with van der Waals surface area (Å²) in [5.41, 5.74) is 2.12. The molecule has 0 saturated heterocycles. The van der Waals surface area contributed by atoms with E-state index in [-0.39, 0.29) is 11.5 Å². The Kier molecular flexibility index (Phi) is 5.09. The Bertz CT molecular complexity index is 828. The predicted molar refractivity (Wildman–Crippen MR) is 86.4 cm³/mol. The number of pyridine rings is 1. The van der Waals surface area contributed by atoms with Crippen LogP contribution in [0.15, 0.2) is 35.4 Å². The number of carbonyl (C=O) groups excluding carboxylic acids is 1. The second kappa shape index (κ2) is 7.03. The summed E-state index contributed by atoms with van der Waals surface area (Å²) < 4.78 is 0. The molecule has 0 unspecified atom stereocenters. The maximum Gasteiger partial charge on any atom is 0.269 e. The molecule has 0 radical (unpaired) electrons. The number of nitriles is 1. The molecule has 1 heterocycles. The van der Waals surface area contributed by atoms with E-state index >= 15 is 0 Å². The molecule has 0 aliphatic rings. The third kappa shape index (κ3) is 3.93. The van der Waals surface area contributed by atoms with Crippen molar-refractivity contribution in [3.63, 3.8) is 0 Å². The lowest BCUT2D eigenvalue weighted by Gasteiger charge is -2.08. The molecule has 6 nitrogen and oxygen atoms in total. The Balaban J connectivity index is 2.26. The molecule has 2 rings (SSSR count). The van der Waals surface area contributed by atoms with Gasteiger partial charge in [-0.3, -0.25) is 14.9 Å². The molecule has 0 atom stereocenters. The second-order valence-corrected chi connectivity index (χ2v) is 5.82. The minimum absolute atomic E-state index is 0.0275. The highest BCUT2D eigenvalue weighted by molar-refractivity contribution is 7.98. The number of hydrogen-bond acceptors (Lipinski definition) is 6. The van der Waals surface area contributed by atoms with E-state index in [0.717, 1.165) is 5.56 Å². The van der Waals surface area contributed by atoms with Gasteiger partial charge in [0.2, 0.25) is 0 Å². The average Bonchev–Trinajstić information content (AvgIpc) is 2.52. The lowest BCUT2D eigenvalue weighted by molar-refractivity contribution is -0.384. The number of carbonyl (C=O) groups is 1. The van der Waals surface area contributed by atoms with Gasteiger partial charge in [-0.2, -0.15) is 5.26 Å². The van der Waals surface area contributed by atoms with Gasteiger partial charge in [-0.05, 0) is 25.5 Å². The van der Waals surface area contributed by atoms with E-state index in [1.807, 2.05) is 6.07 Å². The van der Waals surface area contributed by atoms with E-state index in [1.165, 1.54) is 30.8 Å². The number of nitro benzene ring substituents is 1. The molecule has 23 heavy (non-hydrogen) atoms. The highest BCUT2D eigenvalue weighted by Crippen LogP contribution is 2.27. The van der Waals surface area contributed by atoms with Gasteiger partial charge in [0.25, 0.3) is 5.69 Å². The largest absolute Gasteiger partial charge is 0.294 e. The van der Waals surface area contributed by atoms with Gasteiger partial charge in [0.15, 0.2) is 5.78 Å². The zero-order valence-electron chi connectivity index (χ0n) is 12.6. The monoisotopic (exact) mass is 327 g/mol. The lowest BCUT2D eigenvalue weighted by Crippen LogP contribution is -2.02. The van der Waals surface area contributed by atoms with Gasteiger partial charge in [0.05, 0.1) is 10.5 Å². The number of nitro groups is 1. The molecule has 0 aliphatic carbocycles. The molecule has 1 aromatic heterocycles. The molecule has 1 aromatic carbocycles. The standard InChI is InChI=1S/C16H13N3O3S/c1-10-15(11(2)20)7-13(8-17)16(18-10)23-9-12-4-3-5-14(6-12)19(21)22/h3-7H,9H2,1-2H3. The smallest absolute Gasteiger partial charge is 0.269 e. The van der Waals surface area contributed by atoms with Crippen LogP contribution in [0.3, 0.4) is 0 Å². The van der Waals surface area contributed by atoms with Crippen LogP contribution in [0.4, 0.5) is 5.69 Å². The fraction of sp³-hybridized carbons (Fsp3) is 0.188. The SMILES string of the molecule is CC(=O)c1cc(C#N)c(SCc2cccc([N+](=O)[O-])c2)nc1C. The lowest BCUT2D eigenvalue weighted by atomic mass is 10.1. The van der Waals surface area contributed by atoms with E-state index in [1.54, 1.807) is 25.1 Å². The van der Waals surface area contributed by atoms with Crippen molar-refractivity contribution in [1.82, 2.24) is 4.98 Å². The summed E-state index contributed by atoms with van der Waals surface area (Å²) in [6, 6.07) is 9.91. The van der Waals surface area contributed by atoms with E-state index in [4.69, 9.17) is 0 Å². The number of aryl methyl sites for hydroxylation is 1. The van der Waals surface area contributed by atoms with Crippen LogP contribution < -0.4 is 0 Å². The number of ketones is 1. The topological polar surface area (TPSA) is 96.9 Å². The number of Topliss-reactive ketones (excluding diaryl/α,β-unsaturated/α-hetero) is 1. The summed E-state index contributed by atoms with van der Waals surface area (Å²) in [6.07, 6.45) is 0. The zero-order valence-corrected chi connectivity index (χ0v) is 13.4. The van der Waals surface area contributed by atoms with Gasteiger partial charge in [0.1, 0.15) is 11.1 Å². The quantitative estimate of drug-likeness (QED) is 0.360. The van der Waals surface area contributed by atoms with Crippen molar-refractivity contribution in [2.75, 3.05) is 0 Å². The molecule has 2 aromatic rings. The highest BCUT2D eigenvalue weighted by atomic mass is 32.2. The van der Waals surface area contributed by atoms with Crippen LogP contribution in [0.25, 0.3) is 0 Å². The van der Waals surface area contributed by atoms with E-state index in [9.17, 15) is 20.2 Å². The van der Waals surface area contributed by atoms with E-state index in [2.05, 4.69) is 4.98 Å². The molecule has 7 heteroatoms. The summed E-state index contributed by atoms with van der Waals surface area (Å²) in [7, 11) is 0. The molecule has 0 saturated carbocycles. The first-order valence-electron chi connectivity index (χ1n) is 6.71. The highest BCUT2D eigenvalue weighted by Gasteiger charge is 2.13. The second-order valence-electron chi connectivity index (χ2n) is 4.86. The van der Waals surface area contributed by atoms with Gasteiger partial charge in [-0.25, -0.2) is 4.98 Å².